The van der Waals surface area contributed by atoms with Crippen LogP contribution in [-0.2, 0) is 11.8 Å². The molecule has 0 spiro atoms. The Bertz CT molecular complexity index is 977. The van der Waals surface area contributed by atoms with Gasteiger partial charge < -0.3 is 4.74 Å². The number of benzene rings is 1. The number of hydrogen-bond donors (Lipinski definition) is 0. The van der Waals surface area contributed by atoms with Gasteiger partial charge in [-0.1, -0.05) is 12.1 Å². The lowest BCUT2D eigenvalue weighted by molar-refractivity contribution is 0.0525. The van der Waals surface area contributed by atoms with Gasteiger partial charge in [0, 0.05) is 7.05 Å². The van der Waals surface area contributed by atoms with Crippen molar-refractivity contribution in [2.45, 2.75) is 6.92 Å². The summed E-state index contributed by atoms with van der Waals surface area (Å²) in [6.45, 7) is 1.81. The molecule has 0 aliphatic heterocycles. The smallest absolute Gasteiger partial charge is 0.347 e. The van der Waals surface area contributed by atoms with E-state index in [-0.39, 0.29) is 12.2 Å². The Morgan fingerprint density at radius 1 is 1.19 bits per heavy atom. The van der Waals surface area contributed by atoms with Gasteiger partial charge in [0.25, 0.3) is 5.56 Å². The first-order valence-electron chi connectivity index (χ1n) is 6.45. The van der Waals surface area contributed by atoms with Crippen molar-refractivity contribution in [3.8, 4) is 0 Å². The average molecular weight is 287 g/mol. The topological polar surface area (TPSA) is 74.2 Å². The molecule has 0 bridgehead atoms. The molecule has 108 valence electrons. The number of fused-ring (bicyclic) bond motifs is 3. The molecule has 0 radical (unpaired) electrons. The first-order valence-corrected chi connectivity index (χ1v) is 6.45. The first kappa shape index (κ1) is 13.2. The zero-order valence-electron chi connectivity index (χ0n) is 11.6. The van der Waals surface area contributed by atoms with E-state index in [4.69, 9.17) is 4.74 Å². The Labute approximate surface area is 118 Å². The molecule has 0 N–H and O–H groups in total. The molecule has 0 saturated carbocycles. The lowest BCUT2D eigenvalue weighted by atomic mass is 10.3. The molecule has 0 aliphatic carbocycles. The third-order valence-corrected chi connectivity index (χ3v) is 3.34. The molecule has 1 aromatic carbocycles. The molecule has 3 rings (SSSR count). The average Bonchev–Trinajstić information content (AvgIpc) is 2.83. The maximum atomic E-state index is 12.4. The van der Waals surface area contributed by atoms with Gasteiger partial charge in [-0.15, -0.1) is 0 Å². The van der Waals surface area contributed by atoms with Crippen LogP contribution in [0.1, 0.15) is 17.3 Å². The standard InChI is InChI=1S/C14H13N3O4/c1-3-21-13(19)9-8-16-14(20)15(2)10-6-4-5-7-11(10)17(16)12(9)18/h4-8H,3H2,1-2H3. The second-order valence-electron chi connectivity index (χ2n) is 4.56. The maximum absolute atomic E-state index is 12.4. The molecule has 0 atom stereocenters. The summed E-state index contributed by atoms with van der Waals surface area (Å²) in [5, 5.41) is 0. The van der Waals surface area contributed by atoms with E-state index in [0.717, 1.165) is 4.52 Å². The Hall–Kier alpha value is -2.83. The molecule has 0 amide bonds. The van der Waals surface area contributed by atoms with Crippen LogP contribution in [0.2, 0.25) is 0 Å². The van der Waals surface area contributed by atoms with Gasteiger partial charge in [0.15, 0.2) is 0 Å². The number of esters is 1. The van der Waals surface area contributed by atoms with Crippen LogP contribution in [0.5, 0.6) is 0 Å². The Morgan fingerprint density at radius 2 is 1.86 bits per heavy atom. The van der Waals surface area contributed by atoms with Gasteiger partial charge in [0.1, 0.15) is 5.56 Å². The van der Waals surface area contributed by atoms with Gasteiger partial charge in [0.2, 0.25) is 0 Å². The van der Waals surface area contributed by atoms with E-state index in [9.17, 15) is 14.4 Å². The molecule has 0 unspecified atom stereocenters. The zero-order chi connectivity index (χ0) is 15.1. The van der Waals surface area contributed by atoms with Gasteiger partial charge >= 0.3 is 11.7 Å². The molecule has 21 heavy (non-hydrogen) atoms. The molecular weight excluding hydrogens is 274 g/mol. The quantitative estimate of drug-likeness (QED) is 0.641. The Balaban J connectivity index is 2.51. The van der Waals surface area contributed by atoms with Gasteiger partial charge in [-0.3, -0.25) is 9.36 Å². The van der Waals surface area contributed by atoms with Crippen molar-refractivity contribution < 1.29 is 9.53 Å². The van der Waals surface area contributed by atoms with Crippen LogP contribution in [0.25, 0.3) is 11.0 Å². The summed E-state index contributed by atoms with van der Waals surface area (Å²) in [6.07, 6.45) is 1.22. The number of ether oxygens (including phenoxy) is 1. The van der Waals surface area contributed by atoms with Crippen LogP contribution >= 0.6 is 0 Å². The largest absolute Gasteiger partial charge is 0.462 e. The maximum Gasteiger partial charge on any atom is 0.347 e. The summed E-state index contributed by atoms with van der Waals surface area (Å²) in [6, 6.07) is 6.99. The van der Waals surface area contributed by atoms with Crippen LogP contribution in [0.3, 0.4) is 0 Å². The van der Waals surface area contributed by atoms with Gasteiger partial charge in [0.05, 0.1) is 23.8 Å². The lowest BCUT2D eigenvalue weighted by Gasteiger charge is -2.07. The normalized spacial score (nSPS) is 11.1. The van der Waals surface area contributed by atoms with Gasteiger partial charge in [-0.05, 0) is 19.1 Å². The number of hydrogen-bond acceptors (Lipinski definition) is 4. The highest BCUT2D eigenvalue weighted by Crippen LogP contribution is 2.09. The number of rotatable bonds is 2. The van der Waals surface area contributed by atoms with Gasteiger partial charge in [-0.2, -0.15) is 0 Å². The second-order valence-corrected chi connectivity index (χ2v) is 4.56. The molecule has 0 aliphatic rings. The fourth-order valence-corrected chi connectivity index (χ4v) is 2.35. The van der Waals surface area contributed by atoms with Crippen molar-refractivity contribution in [2.24, 2.45) is 7.05 Å². The zero-order valence-corrected chi connectivity index (χ0v) is 11.6. The molecule has 2 aromatic heterocycles. The third kappa shape index (κ3) is 1.78. The minimum absolute atomic E-state index is 0.157. The van der Waals surface area contributed by atoms with Crippen molar-refractivity contribution in [1.82, 2.24) is 13.6 Å². The number of carbonyl (C=O) groups is 1. The highest BCUT2D eigenvalue weighted by atomic mass is 16.5. The summed E-state index contributed by atoms with van der Waals surface area (Å²) in [4.78, 5) is 36.5. The number of para-hydroxylation sites is 2. The number of nitrogens with zero attached hydrogens (tertiary/aromatic N) is 3. The number of aryl methyl sites for hydroxylation is 1. The minimum atomic E-state index is -0.732. The fourth-order valence-electron chi connectivity index (χ4n) is 2.35. The van der Waals surface area contributed by atoms with Gasteiger partial charge in [-0.25, -0.2) is 18.6 Å². The van der Waals surface area contributed by atoms with E-state index in [1.54, 1.807) is 38.2 Å². The van der Waals surface area contributed by atoms with E-state index in [2.05, 4.69) is 0 Å². The molecule has 0 fully saturated rings. The highest BCUT2D eigenvalue weighted by molar-refractivity contribution is 5.89. The van der Waals surface area contributed by atoms with Crippen LogP contribution in [-0.4, -0.2) is 26.2 Å². The second kappa shape index (κ2) is 4.62. The minimum Gasteiger partial charge on any atom is -0.462 e. The van der Waals surface area contributed by atoms with Crippen LogP contribution in [0, 0.1) is 0 Å². The van der Waals surface area contributed by atoms with Crippen molar-refractivity contribution in [1.29, 1.82) is 0 Å². The van der Waals surface area contributed by atoms with E-state index >= 15 is 0 Å². The van der Waals surface area contributed by atoms with E-state index in [0.29, 0.717) is 11.0 Å². The molecular formula is C14H13N3O4. The summed E-state index contributed by atoms with van der Waals surface area (Å²) in [5.41, 5.74) is 0.00441. The molecule has 0 saturated heterocycles. The molecule has 7 heteroatoms. The molecule has 7 nitrogen and oxygen atoms in total. The highest BCUT2D eigenvalue weighted by Gasteiger charge is 2.19. The van der Waals surface area contributed by atoms with Crippen LogP contribution < -0.4 is 11.2 Å². The Morgan fingerprint density at radius 3 is 2.52 bits per heavy atom. The number of aromatic nitrogens is 3. The number of carbonyl (C=O) groups excluding carboxylic acids is 1. The van der Waals surface area contributed by atoms with Crippen molar-refractivity contribution >= 4 is 17.0 Å². The third-order valence-electron chi connectivity index (χ3n) is 3.34. The summed E-state index contributed by atoms with van der Waals surface area (Å²) < 4.78 is 8.57. The summed E-state index contributed by atoms with van der Waals surface area (Å²) in [5.74, 6) is -0.732. The van der Waals surface area contributed by atoms with E-state index in [1.165, 1.54) is 15.3 Å². The monoisotopic (exact) mass is 287 g/mol. The van der Waals surface area contributed by atoms with Crippen molar-refractivity contribution in [2.75, 3.05) is 6.61 Å². The van der Waals surface area contributed by atoms with Crippen molar-refractivity contribution in [3.05, 3.63) is 56.9 Å². The predicted molar refractivity (Wildman–Crippen MR) is 75.8 cm³/mol. The van der Waals surface area contributed by atoms with E-state index in [1.807, 2.05) is 0 Å². The molecule has 2 heterocycles. The van der Waals surface area contributed by atoms with E-state index < -0.39 is 17.2 Å². The first-order chi connectivity index (χ1) is 10.1. The van der Waals surface area contributed by atoms with Crippen molar-refractivity contribution in [3.63, 3.8) is 0 Å². The summed E-state index contributed by atoms with van der Waals surface area (Å²) >= 11 is 0. The lowest BCUT2D eigenvalue weighted by Crippen LogP contribution is -2.30. The van der Waals surface area contributed by atoms with Crippen LogP contribution in [0.15, 0.2) is 40.1 Å². The van der Waals surface area contributed by atoms with Crippen LogP contribution in [0.4, 0.5) is 0 Å². The molecule has 3 aromatic rings. The fraction of sp³-hybridized carbons (Fsp3) is 0.214. The Kier molecular flexibility index (Phi) is 2.90. The predicted octanol–water partition coefficient (Wildman–Crippen LogP) is 0.428. The SMILES string of the molecule is CCOC(=O)c1cn2c(=O)n(C)c3ccccc3n2c1=O. The summed E-state index contributed by atoms with van der Waals surface area (Å²) in [7, 11) is 1.61.